The van der Waals surface area contributed by atoms with Crippen LogP contribution >= 0.6 is 0 Å². The van der Waals surface area contributed by atoms with Crippen molar-refractivity contribution in [3.05, 3.63) is 169 Å². The van der Waals surface area contributed by atoms with E-state index in [0.29, 0.717) is 11.1 Å². The molecule has 9 rings (SSSR count). The molecule has 9 aromatic rings. The van der Waals surface area contributed by atoms with Gasteiger partial charge in [-0.15, -0.1) is 0 Å². The molecule has 4 nitrogen and oxygen atoms in total. The minimum absolute atomic E-state index is 0.554. The molecule has 0 saturated carbocycles. The maximum Gasteiger partial charge on any atom is 0.0998 e. The van der Waals surface area contributed by atoms with E-state index in [0.717, 1.165) is 66.5 Å². The lowest BCUT2D eigenvalue weighted by molar-refractivity contribution is 1.18. The van der Waals surface area contributed by atoms with Crippen LogP contribution in [0.4, 0.5) is 0 Å². The van der Waals surface area contributed by atoms with E-state index < -0.39 is 0 Å². The summed E-state index contributed by atoms with van der Waals surface area (Å²) in [5.74, 6) is 0. The first-order valence-corrected chi connectivity index (χ1v) is 15.9. The number of hydrogen-bond acceptors (Lipinski definition) is 2. The van der Waals surface area contributed by atoms with Gasteiger partial charge in [0.15, 0.2) is 0 Å². The number of para-hydroxylation sites is 4. The average molecular weight is 611 g/mol. The van der Waals surface area contributed by atoms with Gasteiger partial charge in [-0.3, -0.25) is 0 Å². The highest BCUT2D eigenvalue weighted by molar-refractivity contribution is 6.10. The molecule has 0 aliphatic rings. The van der Waals surface area contributed by atoms with Gasteiger partial charge in [0.05, 0.1) is 51.0 Å². The summed E-state index contributed by atoms with van der Waals surface area (Å²) in [6.07, 6.45) is 0. The van der Waals surface area contributed by atoms with Gasteiger partial charge in [0.2, 0.25) is 0 Å². The highest BCUT2D eigenvalue weighted by atomic mass is 15.0. The van der Waals surface area contributed by atoms with Crippen molar-refractivity contribution in [2.75, 3.05) is 0 Å². The fourth-order valence-corrected chi connectivity index (χ4v) is 7.34. The van der Waals surface area contributed by atoms with E-state index >= 15 is 0 Å². The highest BCUT2D eigenvalue weighted by Crippen LogP contribution is 2.39. The Labute approximate surface area is 277 Å². The molecule has 0 aliphatic carbocycles. The van der Waals surface area contributed by atoms with Crippen molar-refractivity contribution in [2.24, 2.45) is 0 Å². The smallest absolute Gasteiger partial charge is 0.0998 e. The van der Waals surface area contributed by atoms with E-state index in [1.165, 1.54) is 10.8 Å². The zero-order valence-electron chi connectivity index (χ0n) is 25.8. The third kappa shape index (κ3) is 4.07. The second-order valence-electron chi connectivity index (χ2n) is 12.0. The topological polar surface area (TPSA) is 57.4 Å². The first kappa shape index (κ1) is 27.4. The van der Waals surface area contributed by atoms with E-state index in [1.807, 2.05) is 42.5 Å². The van der Waals surface area contributed by atoms with Crippen LogP contribution in [-0.2, 0) is 0 Å². The summed E-state index contributed by atoms with van der Waals surface area (Å²) in [4.78, 5) is 0. The minimum atomic E-state index is 0.554. The molecule has 0 unspecified atom stereocenters. The van der Waals surface area contributed by atoms with Crippen LogP contribution in [0.15, 0.2) is 158 Å². The molecule has 0 saturated heterocycles. The van der Waals surface area contributed by atoms with Crippen LogP contribution in [0.2, 0.25) is 0 Å². The Kier molecular flexibility index (Phi) is 6.22. The van der Waals surface area contributed by atoms with Gasteiger partial charge in [-0.2, -0.15) is 10.5 Å². The Morgan fingerprint density at radius 3 is 1.40 bits per heavy atom. The van der Waals surface area contributed by atoms with Gasteiger partial charge in [-0.1, -0.05) is 103 Å². The lowest BCUT2D eigenvalue weighted by Crippen LogP contribution is -2.00. The van der Waals surface area contributed by atoms with Gasteiger partial charge in [0, 0.05) is 32.8 Å². The molecule has 7 aromatic carbocycles. The second kappa shape index (κ2) is 10.9. The number of fused-ring (bicyclic) bond motifs is 6. The molecule has 0 aliphatic heterocycles. The van der Waals surface area contributed by atoms with Gasteiger partial charge in [-0.05, 0) is 71.3 Å². The predicted molar refractivity (Wildman–Crippen MR) is 195 cm³/mol. The maximum absolute atomic E-state index is 10.4. The zero-order chi connectivity index (χ0) is 32.2. The quantitative estimate of drug-likeness (QED) is 0.199. The zero-order valence-corrected chi connectivity index (χ0v) is 25.8. The molecule has 4 heteroatoms. The van der Waals surface area contributed by atoms with Gasteiger partial charge >= 0.3 is 0 Å². The van der Waals surface area contributed by atoms with E-state index in [9.17, 15) is 10.5 Å². The third-order valence-corrected chi connectivity index (χ3v) is 9.43. The van der Waals surface area contributed by atoms with Crippen LogP contribution in [-0.4, -0.2) is 9.13 Å². The van der Waals surface area contributed by atoms with Crippen molar-refractivity contribution >= 4 is 43.6 Å². The van der Waals surface area contributed by atoms with Gasteiger partial charge in [-0.25, -0.2) is 0 Å². The summed E-state index contributed by atoms with van der Waals surface area (Å²) in [5, 5.41) is 25.5. The number of nitrogens with zero attached hydrogens (tertiary/aromatic N) is 4. The minimum Gasteiger partial charge on any atom is -0.309 e. The molecular weight excluding hydrogens is 585 g/mol. The molecule has 0 radical (unpaired) electrons. The first-order valence-electron chi connectivity index (χ1n) is 15.9. The summed E-state index contributed by atoms with van der Waals surface area (Å²) in [5.41, 5.74) is 10.9. The van der Waals surface area contributed by atoms with Crippen molar-refractivity contribution in [1.29, 1.82) is 10.5 Å². The molecule has 2 heterocycles. The van der Waals surface area contributed by atoms with Gasteiger partial charge < -0.3 is 9.13 Å². The van der Waals surface area contributed by atoms with E-state index in [1.54, 1.807) is 0 Å². The summed E-state index contributed by atoms with van der Waals surface area (Å²) in [6.45, 7) is 0. The molecule has 0 spiro atoms. The Balaban J connectivity index is 1.18. The van der Waals surface area contributed by atoms with Gasteiger partial charge in [0.25, 0.3) is 0 Å². The predicted octanol–water partition coefficient (Wildman–Crippen LogP) is 11.0. The lowest BCUT2D eigenvalue weighted by atomic mass is 9.92. The molecule has 48 heavy (non-hydrogen) atoms. The van der Waals surface area contributed by atoms with Crippen LogP contribution in [0, 0.1) is 22.7 Å². The standard InChI is InChI=1S/C44H26N4/c45-27-31-10-9-19-43(48-41-17-7-3-13-37(41)38-14-4-8-18-42(38)48)44(31)30-22-25-34(32(26-30)28-46)29-20-23-33(24-21-29)47-39-15-5-1-11-35(39)36-12-2-6-16-40(36)47/h1-26H. The van der Waals surface area contributed by atoms with E-state index in [-0.39, 0.29) is 0 Å². The van der Waals surface area contributed by atoms with Crippen LogP contribution in [0.3, 0.4) is 0 Å². The van der Waals surface area contributed by atoms with Crippen molar-refractivity contribution in [2.45, 2.75) is 0 Å². The number of rotatable bonds is 4. The molecule has 0 N–H and O–H groups in total. The summed E-state index contributed by atoms with van der Waals surface area (Å²) in [6, 6.07) is 58.7. The van der Waals surface area contributed by atoms with Crippen LogP contribution < -0.4 is 0 Å². The van der Waals surface area contributed by atoms with Crippen molar-refractivity contribution in [3.63, 3.8) is 0 Å². The molecule has 0 atom stereocenters. The van der Waals surface area contributed by atoms with Crippen LogP contribution in [0.5, 0.6) is 0 Å². The average Bonchev–Trinajstić information content (AvgIpc) is 3.67. The molecular formula is C44H26N4. The van der Waals surface area contributed by atoms with Crippen molar-refractivity contribution in [1.82, 2.24) is 9.13 Å². The van der Waals surface area contributed by atoms with Gasteiger partial charge in [0.1, 0.15) is 0 Å². The lowest BCUT2D eigenvalue weighted by Gasteiger charge is -2.16. The second-order valence-corrected chi connectivity index (χ2v) is 12.0. The monoisotopic (exact) mass is 610 g/mol. The number of aromatic nitrogens is 2. The number of hydrogen-bond donors (Lipinski definition) is 0. The number of benzene rings is 7. The molecule has 2 aromatic heterocycles. The van der Waals surface area contributed by atoms with E-state index in [4.69, 9.17) is 0 Å². The molecule has 0 bridgehead atoms. The fraction of sp³-hybridized carbons (Fsp3) is 0. The number of nitriles is 2. The summed E-state index contributed by atoms with van der Waals surface area (Å²) in [7, 11) is 0. The normalized spacial score (nSPS) is 11.3. The Morgan fingerprint density at radius 1 is 0.396 bits per heavy atom. The van der Waals surface area contributed by atoms with Crippen LogP contribution in [0.1, 0.15) is 11.1 Å². The van der Waals surface area contributed by atoms with Crippen molar-refractivity contribution in [3.8, 4) is 45.8 Å². The van der Waals surface area contributed by atoms with E-state index in [2.05, 4.69) is 137 Å². The largest absolute Gasteiger partial charge is 0.309 e. The maximum atomic E-state index is 10.4. The summed E-state index contributed by atoms with van der Waals surface area (Å²) >= 11 is 0. The SMILES string of the molecule is N#Cc1cc(-c2c(C#N)cccc2-n2c3ccccc3c3ccccc32)ccc1-c1ccc(-n2c3ccccc3c3ccccc32)cc1. The highest BCUT2D eigenvalue weighted by Gasteiger charge is 2.19. The Hall–Kier alpha value is -6.88. The Morgan fingerprint density at radius 2 is 0.875 bits per heavy atom. The fourth-order valence-electron chi connectivity index (χ4n) is 7.34. The van der Waals surface area contributed by atoms with Crippen LogP contribution in [0.25, 0.3) is 77.2 Å². The molecule has 222 valence electrons. The third-order valence-electron chi connectivity index (χ3n) is 9.43. The van der Waals surface area contributed by atoms with Crippen molar-refractivity contribution < 1.29 is 0 Å². The molecule has 0 amide bonds. The first-order chi connectivity index (χ1) is 23.7. The molecule has 0 fully saturated rings. The summed E-state index contributed by atoms with van der Waals surface area (Å²) < 4.78 is 4.52. The Bertz CT molecular complexity index is 2690.